The number of hydrogen-bond donors (Lipinski definition) is 1. The normalized spacial score (nSPS) is 15.4. The van der Waals surface area contributed by atoms with E-state index < -0.39 is 55.6 Å². The first-order chi connectivity index (χ1) is 9.81. The minimum absolute atomic E-state index is 0.210. The third-order valence-corrected chi connectivity index (χ3v) is 4.96. The topological polar surface area (TPSA) is 71.4 Å². The summed E-state index contributed by atoms with van der Waals surface area (Å²) in [5, 5.41) is 4.06. The van der Waals surface area contributed by atoms with Gasteiger partial charge in [0.15, 0.2) is 0 Å². The Bertz CT molecular complexity index is 688. The van der Waals surface area contributed by atoms with E-state index in [1.807, 2.05) is 0 Å². The highest BCUT2D eigenvalue weighted by molar-refractivity contribution is 7.92. The van der Waals surface area contributed by atoms with Crippen LogP contribution in [0.5, 0.6) is 0 Å². The summed E-state index contributed by atoms with van der Waals surface area (Å²) in [6.45, 7) is 0. The van der Waals surface area contributed by atoms with Gasteiger partial charge in [-0.05, 0) is 12.1 Å². The number of benzene rings is 1. The van der Waals surface area contributed by atoms with Gasteiger partial charge in [-0.25, -0.2) is 22.0 Å². The number of carboxylic acids is 1. The van der Waals surface area contributed by atoms with Crippen molar-refractivity contribution in [2.24, 2.45) is 0 Å². The minimum Gasteiger partial charge on any atom is -0.478 e. The zero-order chi connectivity index (χ0) is 17.3. The van der Waals surface area contributed by atoms with Gasteiger partial charge in [0.2, 0.25) is 9.84 Å². The molecule has 0 aliphatic rings. The zero-order valence-corrected chi connectivity index (χ0v) is 12.1. The van der Waals surface area contributed by atoms with Gasteiger partial charge < -0.3 is 5.11 Å². The Labute approximate surface area is 126 Å². The van der Waals surface area contributed by atoms with Crippen LogP contribution in [0.15, 0.2) is 18.2 Å². The molecule has 11 heteroatoms. The van der Waals surface area contributed by atoms with Crippen LogP contribution in [0.4, 0.5) is 22.0 Å². The van der Waals surface area contributed by atoms with E-state index in [1.54, 1.807) is 0 Å². The van der Waals surface area contributed by atoms with Gasteiger partial charge in [0.25, 0.3) is 0 Å². The molecule has 0 aliphatic heterocycles. The molecule has 0 fully saturated rings. The first-order valence-electron chi connectivity index (χ1n) is 5.48. The van der Waals surface area contributed by atoms with E-state index in [1.165, 1.54) is 0 Å². The Hall–Kier alpha value is -1.42. The van der Waals surface area contributed by atoms with Gasteiger partial charge in [-0.15, -0.1) is 0 Å². The highest BCUT2D eigenvalue weighted by Crippen LogP contribution is 2.36. The summed E-state index contributed by atoms with van der Waals surface area (Å²) in [6, 6.07) is 1.48. The second-order valence-corrected chi connectivity index (χ2v) is 6.82. The van der Waals surface area contributed by atoms with Crippen molar-refractivity contribution in [2.75, 3.05) is 5.75 Å². The molecule has 1 unspecified atom stereocenters. The van der Waals surface area contributed by atoms with Crippen LogP contribution < -0.4 is 0 Å². The van der Waals surface area contributed by atoms with E-state index in [0.717, 1.165) is 0 Å². The van der Waals surface area contributed by atoms with Gasteiger partial charge in [0, 0.05) is 5.56 Å². The third-order valence-electron chi connectivity index (χ3n) is 2.65. The second-order valence-electron chi connectivity index (χ2n) is 4.21. The van der Waals surface area contributed by atoms with Gasteiger partial charge in [-0.2, -0.15) is 13.2 Å². The monoisotopic (exact) mass is 366 g/mol. The first kappa shape index (κ1) is 18.6. The molecule has 0 saturated heterocycles. The van der Waals surface area contributed by atoms with Crippen LogP contribution in [-0.4, -0.2) is 31.4 Å². The molecule has 0 bridgehead atoms. The lowest BCUT2D eigenvalue weighted by atomic mass is 10.1. The number of aliphatic carboxylic acids is 1. The Balaban J connectivity index is 3.37. The third kappa shape index (κ3) is 3.67. The average Bonchev–Trinajstić information content (AvgIpc) is 2.37. The fourth-order valence-electron chi connectivity index (χ4n) is 1.52. The summed E-state index contributed by atoms with van der Waals surface area (Å²) in [6.07, 6.45) is -6.87. The lowest BCUT2D eigenvalue weighted by Crippen LogP contribution is -2.41. The van der Waals surface area contributed by atoms with Gasteiger partial charge in [0.05, 0.1) is 17.2 Å². The van der Waals surface area contributed by atoms with Crippen molar-refractivity contribution in [3.63, 3.8) is 0 Å². The molecule has 0 aliphatic carbocycles. The van der Waals surface area contributed by atoms with Crippen molar-refractivity contribution in [2.45, 2.75) is 17.6 Å². The van der Waals surface area contributed by atoms with E-state index in [-0.39, 0.29) is 6.07 Å². The van der Waals surface area contributed by atoms with Crippen molar-refractivity contribution in [3.05, 3.63) is 34.6 Å². The van der Waals surface area contributed by atoms with Gasteiger partial charge >= 0.3 is 17.1 Å². The smallest absolute Gasteiger partial charge is 0.390 e. The number of halogens is 6. The fourth-order valence-corrected chi connectivity index (χ4v) is 3.17. The van der Waals surface area contributed by atoms with E-state index >= 15 is 0 Å². The standard InChI is InChI=1S/C11H8ClF5O4S/c12-7-2-1-6(5-8(7)13)11(17,9(18)19)22(20,21)4-3-10(14,15)16/h1-2,5H,3-4H2,(H,18,19). The molecule has 0 amide bonds. The molecule has 0 heterocycles. The molecule has 22 heavy (non-hydrogen) atoms. The van der Waals surface area contributed by atoms with Crippen LogP contribution >= 0.6 is 11.6 Å². The molecule has 0 aromatic heterocycles. The maximum atomic E-state index is 14.5. The molecule has 1 atom stereocenters. The molecule has 0 saturated carbocycles. The highest BCUT2D eigenvalue weighted by atomic mass is 35.5. The molecule has 0 radical (unpaired) electrons. The summed E-state index contributed by atoms with van der Waals surface area (Å²) < 4.78 is 87.5. The van der Waals surface area contributed by atoms with Crippen molar-refractivity contribution >= 4 is 27.4 Å². The molecular formula is C11H8ClF5O4S. The number of alkyl halides is 4. The van der Waals surface area contributed by atoms with Crippen LogP contribution in [-0.2, 0) is 19.6 Å². The molecule has 124 valence electrons. The molecule has 1 aromatic rings. The number of hydrogen-bond acceptors (Lipinski definition) is 3. The number of rotatable bonds is 5. The molecule has 1 aromatic carbocycles. The van der Waals surface area contributed by atoms with E-state index in [2.05, 4.69) is 0 Å². The van der Waals surface area contributed by atoms with Gasteiger partial charge in [0.1, 0.15) is 5.82 Å². The predicted molar refractivity (Wildman–Crippen MR) is 66.3 cm³/mol. The Morgan fingerprint density at radius 1 is 1.23 bits per heavy atom. The molecule has 1 rings (SSSR count). The van der Waals surface area contributed by atoms with Crippen molar-refractivity contribution in [3.8, 4) is 0 Å². The summed E-state index contributed by atoms with van der Waals surface area (Å²) >= 11 is 5.30. The Morgan fingerprint density at radius 3 is 2.18 bits per heavy atom. The summed E-state index contributed by atoms with van der Waals surface area (Å²) in [5.41, 5.74) is -1.18. The van der Waals surface area contributed by atoms with Crippen LogP contribution in [0.3, 0.4) is 0 Å². The van der Waals surface area contributed by atoms with Crippen molar-refractivity contribution in [1.29, 1.82) is 0 Å². The highest BCUT2D eigenvalue weighted by Gasteiger charge is 2.54. The van der Waals surface area contributed by atoms with Gasteiger partial charge in [-0.1, -0.05) is 17.7 Å². The maximum absolute atomic E-state index is 14.5. The van der Waals surface area contributed by atoms with Crippen molar-refractivity contribution < 1.29 is 40.3 Å². The number of carbonyl (C=O) groups is 1. The summed E-state index contributed by atoms with van der Waals surface area (Å²) in [7, 11) is -5.43. The second kappa shape index (κ2) is 5.99. The summed E-state index contributed by atoms with van der Waals surface area (Å²) in [4.78, 5) is 11.0. The lowest BCUT2D eigenvalue weighted by molar-refractivity contribution is -0.146. The largest absolute Gasteiger partial charge is 0.478 e. The van der Waals surface area contributed by atoms with Gasteiger partial charge in [-0.3, -0.25) is 0 Å². The van der Waals surface area contributed by atoms with Crippen LogP contribution in [0.1, 0.15) is 12.0 Å². The lowest BCUT2D eigenvalue weighted by Gasteiger charge is -2.22. The molecule has 0 spiro atoms. The van der Waals surface area contributed by atoms with Crippen LogP contribution in [0.25, 0.3) is 0 Å². The Kier molecular flexibility index (Phi) is 5.08. The maximum Gasteiger partial charge on any atom is 0.390 e. The first-order valence-corrected chi connectivity index (χ1v) is 7.51. The number of sulfone groups is 1. The quantitative estimate of drug-likeness (QED) is 0.813. The summed E-state index contributed by atoms with van der Waals surface area (Å²) in [5.74, 6) is -5.69. The zero-order valence-electron chi connectivity index (χ0n) is 10.5. The molecule has 1 N–H and O–H groups in total. The van der Waals surface area contributed by atoms with E-state index in [0.29, 0.717) is 12.1 Å². The fraction of sp³-hybridized carbons (Fsp3) is 0.364. The number of carboxylic acid groups (broad SMARTS) is 1. The average molecular weight is 367 g/mol. The minimum atomic E-state index is -5.43. The predicted octanol–water partition coefficient (Wildman–Crippen LogP) is 3.05. The Morgan fingerprint density at radius 2 is 1.77 bits per heavy atom. The van der Waals surface area contributed by atoms with E-state index in [9.17, 15) is 35.2 Å². The molecular weight excluding hydrogens is 359 g/mol. The van der Waals surface area contributed by atoms with Crippen LogP contribution in [0.2, 0.25) is 5.02 Å². The van der Waals surface area contributed by atoms with Crippen LogP contribution in [0, 0.1) is 5.82 Å². The molecule has 4 nitrogen and oxygen atoms in total. The van der Waals surface area contributed by atoms with Crippen molar-refractivity contribution in [1.82, 2.24) is 0 Å². The SMILES string of the molecule is O=C(O)C(F)(c1ccc(Cl)c(F)c1)S(=O)(=O)CCC(F)(F)F. The van der Waals surface area contributed by atoms with E-state index in [4.69, 9.17) is 16.7 Å².